The SMILES string of the molecule is CCC(C)CCCCCCCCCCCCCCCCCCCCC(=O)OC[C@@H](O)COC(=O)CCC/C=C\C/C=C\C/C=C\C/C=C\CCC[C@@H](C)O. The standard InChI is InChI=1S/C48H86O6/c1-4-44(2)38-34-30-26-22-18-14-10-7-5-6-8-12-16-20-24-28-32-36-40-47(51)53-42-46(50)43-54-48(52)41-37-33-29-25-21-17-13-9-11-15-19-23-27-31-35-39-45(3)49/h11,13,15,17,23,25,27,29,44-46,49-50H,4-10,12,14,16,18-22,24,26,28,30-43H2,1-3H3/b15-11-,17-13-,27-23-,29-25-/t44?,45-,46-/m1/s1. The average molecular weight is 759 g/mol. The first kappa shape index (κ1) is 51.8. The largest absolute Gasteiger partial charge is 0.463 e. The van der Waals surface area contributed by atoms with E-state index in [4.69, 9.17) is 9.47 Å². The number of aliphatic hydroxyl groups is 2. The van der Waals surface area contributed by atoms with Crippen LogP contribution in [0.25, 0.3) is 0 Å². The van der Waals surface area contributed by atoms with E-state index in [1.54, 1.807) is 0 Å². The molecule has 0 saturated carbocycles. The molecule has 0 heterocycles. The van der Waals surface area contributed by atoms with Gasteiger partial charge >= 0.3 is 11.9 Å². The third kappa shape index (κ3) is 42.6. The molecule has 0 fully saturated rings. The van der Waals surface area contributed by atoms with Crippen LogP contribution in [0.15, 0.2) is 48.6 Å². The van der Waals surface area contributed by atoms with Gasteiger partial charge in [0.1, 0.15) is 19.3 Å². The van der Waals surface area contributed by atoms with Gasteiger partial charge in [-0.05, 0) is 70.6 Å². The Labute approximate surface area is 333 Å². The maximum Gasteiger partial charge on any atom is 0.305 e. The molecule has 314 valence electrons. The van der Waals surface area contributed by atoms with Crippen LogP contribution in [0, 0.1) is 5.92 Å². The average Bonchev–Trinajstić information content (AvgIpc) is 3.16. The van der Waals surface area contributed by atoms with Crippen LogP contribution in [0.3, 0.4) is 0 Å². The summed E-state index contributed by atoms with van der Waals surface area (Å²) in [6.45, 7) is 6.22. The van der Waals surface area contributed by atoms with Crippen LogP contribution in [0.2, 0.25) is 0 Å². The van der Waals surface area contributed by atoms with Gasteiger partial charge in [-0.25, -0.2) is 0 Å². The summed E-state index contributed by atoms with van der Waals surface area (Å²) in [4.78, 5) is 24.0. The van der Waals surface area contributed by atoms with Crippen LogP contribution < -0.4 is 0 Å². The van der Waals surface area contributed by atoms with E-state index >= 15 is 0 Å². The number of carbonyl (C=O) groups excluding carboxylic acids is 2. The Morgan fingerprint density at radius 2 is 0.815 bits per heavy atom. The Morgan fingerprint density at radius 3 is 1.22 bits per heavy atom. The van der Waals surface area contributed by atoms with E-state index in [0.717, 1.165) is 70.1 Å². The van der Waals surface area contributed by atoms with Crippen LogP contribution in [-0.2, 0) is 19.1 Å². The molecular weight excluding hydrogens is 673 g/mol. The normalized spacial score (nSPS) is 13.8. The number of carbonyl (C=O) groups is 2. The van der Waals surface area contributed by atoms with Crippen molar-refractivity contribution in [1.29, 1.82) is 0 Å². The van der Waals surface area contributed by atoms with Crippen molar-refractivity contribution in [2.24, 2.45) is 5.92 Å². The lowest BCUT2D eigenvalue weighted by Gasteiger charge is -2.12. The van der Waals surface area contributed by atoms with Crippen LogP contribution in [0.4, 0.5) is 0 Å². The van der Waals surface area contributed by atoms with Crippen molar-refractivity contribution in [3.8, 4) is 0 Å². The summed E-state index contributed by atoms with van der Waals surface area (Å²) in [5, 5.41) is 19.3. The fourth-order valence-electron chi connectivity index (χ4n) is 6.31. The number of allylic oxidation sites excluding steroid dienone is 8. The first-order valence-corrected chi connectivity index (χ1v) is 22.6. The molecule has 0 bridgehead atoms. The molecule has 6 nitrogen and oxygen atoms in total. The molecule has 0 aromatic rings. The third-order valence-electron chi connectivity index (χ3n) is 10.1. The zero-order valence-electron chi connectivity index (χ0n) is 35.5. The van der Waals surface area contributed by atoms with Gasteiger partial charge in [0.15, 0.2) is 0 Å². The quantitative estimate of drug-likeness (QED) is 0.0367. The Balaban J connectivity index is 3.48. The molecule has 0 radical (unpaired) electrons. The van der Waals surface area contributed by atoms with E-state index in [1.807, 2.05) is 6.92 Å². The zero-order chi connectivity index (χ0) is 39.6. The second-order valence-electron chi connectivity index (χ2n) is 15.7. The Kier molecular flexibility index (Phi) is 40.3. The van der Waals surface area contributed by atoms with Crippen molar-refractivity contribution in [2.75, 3.05) is 13.2 Å². The lowest BCUT2D eigenvalue weighted by atomic mass is 9.99. The predicted molar refractivity (Wildman–Crippen MR) is 230 cm³/mol. The topological polar surface area (TPSA) is 93.1 Å². The molecule has 0 aromatic heterocycles. The van der Waals surface area contributed by atoms with Crippen LogP contribution >= 0.6 is 0 Å². The molecule has 0 rings (SSSR count). The number of aliphatic hydroxyl groups excluding tert-OH is 2. The maximum atomic E-state index is 12.0. The van der Waals surface area contributed by atoms with Gasteiger partial charge in [0, 0.05) is 12.8 Å². The molecule has 1 unspecified atom stereocenters. The van der Waals surface area contributed by atoms with Crippen molar-refractivity contribution < 1.29 is 29.3 Å². The van der Waals surface area contributed by atoms with Crippen molar-refractivity contribution in [2.45, 2.75) is 226 Å². The molecule has 0 aromatic carbocycles. The minimum atomic E-state index is -0.994. The number of rotatable bonds is 40. The summed E-state index contributed by atoms with van der Waals surface area (Å²) in [5.41, 5.74) is 0. The van der Waals surface area contributed by atoms with Gasteiger partial charge in [0.05, 0.1) is 6.10 Å². The predicted octanol–water partition coefficient (Wildman–Crippen LogP) is 13.4. The Bertz CT molecular complexity index is 935. The Hall–Kier alpha value is -2.18. The monoisotopic (exact) mass is 759 g/mol. The van der Waals surface area contributed by atoms with E-state index in [0.29, 0.717) is 19.3 Å². The molecule has 0 spiro atoms. The molecule has 54 heavy (non-hydrogen) atoms. The van der Waals surface area contributed by atoms with Gasteiger partial charge in [0.2, 0.25) is 0 Å². The van der Waals surface area contributed by atoms with Crippen molar-refractivity contribution in [1.82, 2.24) is 0 Å². The minimum absolute atomic E-state index is 0.139. The smallest absolute Gasteiger partial charge is 0.305 e. The van der Waals surface area contributed by atoms with Crippen molar-refractivity contribution >= 4 is 11.9 Å². The van der Waals surface area contributed by atoms with Crippen LogP contribution in [0.5, 0.6) is 0 Å². The van der Waals surface area contributed by atoms with Crippen LogP contribution in [0.1, 0.15) is 213 Å². The summed E-state index contributed by atoms with van der Waals surface area (Å²) in [7, 11) is 0. The molecular formula is C48H86O6. The van der Waals surface area contributed by atoms with Gasteiger partial charge in [-0.1, -0.05) is 184 Å². The zero-order valence-corrected chi connectivity index (χ0v) is 35.5. The highest BCUT2D eigenvalue weighted by molar-refractivity contribution is 5.69. The number of ether oxygens (including phenoxy) is 2. The third-order valence-corrected chi connectivity index (χ3v) is 10.1. The molecule has 0 aliphatic heterocycles. The van der Waals surface area contributed by atoms with Gasteiger partial charge < -0.3 is 19.7 Å². The molecule has 3 atom stereocenters. The number of hydrogen-bond donors (Lipinski definition) is 2. The first-order chi connectivity index (χ1) is 26.3. The second-order valence-corrected chi connectivity index (χ2v) is 15.7. The summed E-state index contributed by atoms with van der Waals surface area (Å²) in [6.07, 6.45) is 50.2. The highest BCUT2D eigenvalue weighted by Crippen LogP contribution is 2.17. The summed E-state index contributed by atoms with van der Waals surface area (Å²) in [6, 6.07) is 0. The fourth-order valence-corrected chi connectivity index (χ4v) is 6.31. The number of hydrogen-bond acceptors (Lipinski definition) is 6. The van der Waals surface area contributed by atoms with Crippen molar-refractivity contribution in [3.05, 3.63) is 48.6 Å². The fraction of sp³-hybridized carbons (Fsp3) is 0.792. The molecule has 0 aliphatic carbocycles. The molecule has 6 heteroatoms. The summed E-state index contributed by atoms with van der Waals surface area (Å²) >= 11 is 0. The van der Waals surface area contributed by atoms with Gasteiger partial charge in [0.25, 0.3) is 0 Å². The summed E-state index contributed by atoms with van der Waals surface area (Å²) < 4.78 is 10.3. The van der Waals surface area contributed by atoms with Crippen molar-refractivity contribution in [3.63, 3.8) is 0 Å². The lowest BCUT2D eigenvalue weighted by molar-refractivity contribution is -0.152. The minimum Gasteiger partial charge on any atom is -0.463 e. The number of unbranched alkanes of at least 4 members (excludes halogenated alkanes) is 19. The van der Waals surface area contributed by atoms with E-state index in [1.165, 1.54) is 109 Å². The molecule has 0 aliphatic rings. The van der Waals surface area contributed by atoms with Crippen LogP contribution in [-0.4, -0.2) is 47.6 Å². The highest BCUT2D eigenvalue weighted by atomic mass is 16.6. The van der Waals surface area contributed by atoms with Gasteiger partial charge in [-0.15, -0.1) is 0 Å². The number of esters is 2. The lowest BCUT2D eigenvalue weighted by Crippen LogP contribution is -2.25. The molecule has 0 amide bonds. The maximum absolute atomic E-state index is 12.0. The second kappa shape index (κ2) is 42.0. The van der Waals surface area contributed by atoms with Gasteiger partial charge in [-0.3, -0.25) is 9.59 Å². The van der Waals surface area contributed by atoms with Gasteiger partial charge in [-0.2, -0.15) is 0 Å². The first-order valence-electron chi connectivity index (χ1n) is 22.6. The Morgan fingerprint density at radius 1 is 0.463 bits per heavy atom. The van der Waals surface area contributed by atoms with E-state index in [9.17, 15) is 19.8 Å². The van der Waals surface area contributed by atoms with E-state index < -0.39 is 6.10 Å². The van der Waals surface area contributed by atoms with E-state index in [2.05, 4.69) is 62.5 Å². The molecule has 2 N–H and O–H groups in total. The highest BCUT2D eigenvalue weighted by Gasteiger charge is 2.12. The molecule has 0 saturated heterocycles. The van der Waals surface area contributed by atoms with E-state index in [-0.39, 0.29) is 31.3 Å². The summed E-state index contributed by atoms with van der Waals surface area (Å²) in [5.74, 6) is 0.271.